The lowest BCUT2D eigenvalue weighted by Crippen LogP contribution is -2.49. The molecule has 0 atom stereocenters. The number of rotatable bonds is 6. The average molecular weight is 302 g/mol. The van der Waals surface area contributed by atoms with Crippen LogP contribution in [0.15, 0.2) is 17.0 Å². The molecule has 1 rings (SSSR count). The lowest BCUT2D eigenvalue weighted by atomic mass is 9.95. The molecule has 0 saturated heterocycles. The SMILES string of the molecule is CCC(N)(CC)CNS(=O)(=O)c1c(C)cc(F)cc1C. The van der Waals surface area contributed by atoms with E-state index in [0.717, 1.165) is 0 Å². The molecule has 0 spiro atoms. The summed E-state index contributed by atoms with van der Waals surface area (Å²) in [5, 5.41) is 0. The van der Waals surface area contributed by atoms with Gasteiger partial charge in [0.05, 0.1) is 4.90 Å². The zero-order valence-corrected chi connectivity index (χ0v) is 13.3. The summed E-state index contributed by atoms with van der Waals surface area (Å²) >= 11 is 0. The Morgan fingerprint density at radius 2 is 1.65 bits per heavy atom. The maximum atomic E-state index is 13.2. The molecule has 4 nitrogen and oxygen atoms in total. The van der Waals surface area contributed by atoms with Gasteiger partial charge in [0.2, 0.25) is 10.0 Å². The first-order valence-electron chi connectivity index (χ1n) is 6.70. The molecule has 0 aromatic heterocycles. The topological polar surface area (TPSA) is 72.2 Å². The van der Waals surface area contributed by atoms with E-state index in [4.69, 9.17) is 5.73 Å². The molecule has 20 heavy (non-hydrogen) atoms. The number of hydrogen-bond donors (Lipinski definition) is 2. The molecular weight excluding hydrogens is 279 g/mol. The highest BCUT2D eigenvalue weighted by Gasteiger charge is 2.26. The van der Waals surface area contributed by atoms with Crippen LogP contribution in [0.3, 0.4) is 0 Å². The molecule has 0 amide bonds. The van der Waals surface area contributed by atoms with Gasteiger partial charge in [-0.05, 0) is 49.9 Å². The van der Waals surface area contributed by atoms with Crippen molar-refractivity contribution >= 4 is 10.0 Å². The van der Waals surface area contributed by atoms with E-state index in [9.17, 15) is 12.8 Å². The lowest BCUT2D eigenvalue weighted by Gasteiger charge is -2.27. The van der Waals surface area contributed by atoms with Crippen molar-refractivity contribution in [2.24, 2.45) is 5.73 Å². The zero-order valence-electron chi connectivity index (χ0n) is 12.5. The number of benzene rings is 1. The quantitative estimate of drug-likeness (QED) is 0.846. The Morgan fingerprint density at radius 3 is 2.05 bits per heavy atom. The molecule has 0 radical (unpaired) electrons. The van der Waals surface area contributed by atoms with Gasteiger partial charge < -0.3 is 5.73 Å². The van der Waals surface area contributed by atoms with Crippen LogP contribution in [0.5, 0.6) is 0 Å². The smallest absolute Gasteiger partial charge is 0.241 e. The third-order valence-electron chi connectivity index (χ3n) is 3.72. The van der Waals surface area contributed by atoms with E-state index in [1.807, 2.05) is 13.8 Å². The summed E-state index contributed by atoms with van der Waals surface area (Å²) in [5.74, 6) is -0.436. The van der Waals surface area contributed by atoms with Gasteiger partial charge in [0.25, 0.3) is 0 Å². The van der Waals surface area contributed by atoms with Crippen molar-refractivity contribution in [1.82, 2.24) is 4.72 Å². The summed E-state index contributed by atoms with van der Waals surface area (Å²) in [6.07, 6.45) is 1.35. The van der Waals surface area contributed by atoms with Gasteiger partial charge in [-0.3, -0.25) is 0 Å². The molecule has 0 heterocycles. The van der Waals surface area contributed by atoms with Crippen molar-refractivity contribution in [1.29, 1.82) is 0 Å². The van der Waals surface area contributed by atoms with Crippen molar-refractivity contribution in [3.05, 3.63) is 29.1 Å². The van der Waals surface area contributed by atoms with Crippen molar-refractivity contribution in [2.75, 3.05) is 6.54 Å². The molecule has 0 aliphatic rings. The van der Waals surface area contributed by atoms with E-state index in [-0.39, 0.29) is 11.4 Å². The Labute approximate surface area is 120 Å². The first kappa shape index (κ1) is 17.1. The molecule has 6 heteroatoms. The van der Waals surface area contributed by atoms with Crippen LogP contribution in [0.25, 0.3) is 0 Å². The van der Waals surface area contributed by atoms with E-state index in [2.05, 4.69) is 4.72 Å². The van der Waals surface area contributed by atoms with Gasteiger partial charge in [0.15, 0.2) is 0 Å². The molecule has 0 unspecified atom stereocenters. The third-order valence-corrected chi connectivity index (χ3v) is 5.42. The molecule has 0 bridgehead atoms. The molecule has 3 N–H and O–H groups in total. The van der Waals surface area contributed by atoms with E-state index < -0.39 is 21.4 Å². The second kappa shape index (κ2) is 6.20. The van der Waals surface area contributed by atoms with E-state index in [1.54, 1.807) is 13.8 Å². The molecular formula is C14H23FN2O2S. The van der Waals surface area contributed by atoms with Crippen LogP contribution in [0.2, 0.25) is 0 Å². The van der Waals surface area contributed by atoms with Gasteiger partial charge in [0, 0.05) is 12.1 Å². The molecule has 1 aromatic rings. The van der Waals surface area contributed by atoms with Crippen LogP contribution in [0.1, 0.15) is 37.8 Å². The second-order valence-electron chi connectivity index (χ2n) is 5.26. The molecule has 1 aromatic carbocycles. The fourth-order valence-electron chi connectivity index (χ4n) is 2.13. The lowest BCUT2D eigenvalue weighted by molar-refractivity contribution is 0.391. The molecule has 0 aliphatic carbocycles. The normalized spacial score (nSPS) is 12.7. The van der Waals surface area contributed by atoms with Gasteiger partial charge in [-0.25, -0.2) is 17.5 Å². The number of halogens is 1. The summed E-state index contributed by atoms with van der Waals surface area (Å²) in [6, 6.07) is 2.44. The van der Waals surface area contributed by atoms with E-state index in [0.29, 0.717) is 24.0 Å². The van der Waals surface area contributed by atoms with Crippen LogP contribution in [0, 0.1) is 19.7 Å². The maximum Gasteiger partial charge on any atom is 0.241 e. The monoisotopic (exact) mass is 302 g/mol. The van der Waals surface area contributed by atoms with E-state index >= 15 is 0 Å². The molecule has 0 aliphatic heterocycles. The van der Waals surface area contributed by atoms with Gasteiger partial charge in [-0.2, -0.15) is 0 Å². The van der Waals surface area contributed by atoms with E-state index in [1.165, 1.54) is 12.1 Å². The zero-order chi connectivity index (χ0) is 15.6. The molecule has 114 valence electrons. The highest BCUT2D eigenvalue weighted by molar-refractivity contribution is 7.89. The van der Waals surface area contributed by atoms with Crippen LogP contribution >= 0.6 is 0 Å². The van der Waals surface area contributed by atoms with Gasteiger partial charge in [-0.15, -0.1) is 0 Å². The Hall–Kier alpha value is -0.980. The summed E-state index contributed by atoms with van der Waals surface area (Å²) in [7, 11) is -3.69. The Morgan fingerprint density at radius 1 is 1.20 bits per heavy atom. The van der Waals surface area contributed by atoms with Crippen LogP contribution < -0.4 is 10.5 Å². The maximum absolute atomic E-state index is 13.2. The Balaban J connectivity index is 3.07. The fourth-order valence-corrected chi connectivity index (χ4v) is 3.72. The first-order valence-corrected chi connectivity index (χ1v) is 8.19. The van der Waals surface area contributed by atoms with Gasteiger partial charge >= 0.3 is 0 Å². The fraction of sp³-hybridized carbons (Fsp3) is 0.571. The standard InChI is InChI=1S/C14H23FN2O2S/c1-5-14(16,6-2)9-17-20(18,19)13-10(3)7-12(15)8-11(13)4/h7-8,17H,5-6,9,16H2,1-4H3. The minimum absolute atomic E-state index is 0.133. The predicted molar refractivity (Wildman–Crippen MR) is 78.6 cm³/mol. The van der Waals surface area contributed by atoms with Crippen molar-refractivity contribution in [3.8, 4) is 0 Å². The largest absolute Gasteiger partial charge is 0.324 e. The number of aryl methyl sites for hydroxylation is 2. The summed E-state index contributed by atoms with van der Waals surface area (Å²) < 4.78 is 40.5. The highest BCUT2D eigenvalue weighted by atomic mass is 32.2. The van der Waals surface area contributed by atoms with Crippen molar-refractivity contribution in [2.45, 2.75) is 51.0 Å². The Kier molecular flexibility index (Phi) is 5.29. The third kappa shape index (κ3) is 3.77. The van der Waals surface area contributed by atoms with Crippen LogP contribution in [-0.4, -0.2) is 20.5 Å². The van der Waals surface area contributed by atoms with Gasteiger partial charge in [0.1, 0.15) is 5.82 Å². The minimum atomic E-state index is -3.69. The van der Waals surface area contributed by atoms with Crippen molar-refractivity contribution in [3.63, 3.8) is 0 Å². The first-order chi connectivity index (χ1) is 9.15. The van der Waals surface area contributed by atoms with Crippen LogP contribution in [0.4, 0.5) is 4.39 Å². The number of nitrogens with one attached hydrogen (secondary N) is 1. The van der Waals surface area contributed by atoms with Crippen LogP contribution in [-0.2, 0) is 10.0 Å². The molecule has 0 fully saturated rings. The minimum Gasteiger partial charge on any atom is -0.324 e. The summed E-state index contributed by atoms with van der Waals surface area (Å²) in [6.45, 7) is 7.18. The number of nitrogens with two attached hydrogens (primary N) is 1. The number of hydrogen-bond acceptors (Lipinski definition) is 3. The van der Waals surface area contributed by atoms with Gasteiger partial charge in [-0.1, -0.05) is 13.8 Å². The second-order valence-corrected chi connectivity index (χ2v) is 6.97. The number of sulfonamides is 1. The van der Waals surface area contributed by atoms with Crippen molar-refractivity contribution < 1.29 is 12.8 Å². The summed E-state index contributed by atoms with van der Waals surface area (Å²) in [5.41, 5.74) is 6.32. The average Bonchev–Trinajstić information content (AvgIpc) is 2.34. The predicted octanol–water partition coefficient (Wildman–Crippen LogP) is 2.24. The summed E-state index contributed by atoms with van der Waals surface area (Å²) in [4.78, 5) is 0.133. The highest BCUT2D eigenvalue weighted by Crippen LogP contribution is 2.22. The molecule has 0 saturated carbocycles. The Bertz CT molecular complexity index is 558.